The lowest BCUT2D eigenvalue weighted by Crippen LogP contribution is -2.23. The van der Waals surface area contributed by atoms with E-state index in [0.717, 1.165) is 17.2 Å². The Bertz CT molecular complexity index is 507. The van der Waals surface area contributed by atoms with Crippen LogP contribution in [0.25, 0.3) is 0 Å². The molecule has 1 nitrogen and oxygen atoms in total. The third-order valence-corrected chi connectivity index (χ3v) is 4.92. The van der Waals surface area contributed by atoms with Crippen LogP contribution >= 0.6 is 23.1 Å². The molecule has 1 aromatic carbocycles. The van der Waals surface area contributed by atoms with E-state index in [1.165, 1.54) is 22.6 Å². The molecule has 0 aliphatic rings. The summed E-state index contributed by atoms with van der Waals surface area (Å²) < 4.78 is 12.9. The molecule has 0 aliphatic heterocycles. The molecule has 0 amide bonds. The number of hydrogen-bond acceptors (Lipinski definition) is 3. The van der Waals surface area contributed by atoms with Crippen LogP contribution in [0.5, 0.6) is 0 Å². The predicted octanol–water partition coefficient (Wildman–Crippen LogP) is 4.64. The lowest BCUT2D eigenvalue weighted by atomic mass is 10.1. The molecule has 1 N–H and O–H groups in total. The molecular formula is C15H18FNS2. The summed E-state index contributed by atoms with van der Waals surface area (Å²) in [4.78, 5) is 2.47. The van der Waals surface area contributed by atoms with Crippen molar-refractivity contribution in [2.24, 2.45) is 0 Å². The third kappa shape index (κ3) is 4.06. The monoisotopic (exact) mass is 295 g/mol. The van der Waals surface area contributed by atoms with Crippen LogP contribution in [0.1, 0.15) is 23.4 Å². The summed E-state index contributed by atoms with van der Waals surface area (Å²) in [7, 11) is 0. The predicted molar refractivity (Wildman–Crippen MR) is 82.6 cm³/mol. The fourth-order valence-electron chi connectivity index (χ4n) is 1.97. The van der Waals surface area contributed by atoms with E-state index in [-0.39, 0.29) is 5.82 Å². The van der Waals surface area contributed by atoms with Gasteiger partial charge in [-0.2, -0.15) is 0 Å². The van der Waals surface area contributed by atoms with Crippen LogP contribution in [-0.2, 0) is 0 Å². The maximum Gasteiger partial charge on any atom is 0.123 e. The molecule has 102 valence electrons. The molecule has 1 heterocycles. The third-order valence-electron chi connectivity index (χ3n) is 2.96. The molecule has 4 heteroatoms. The van der Waals surface area contributed by atoms with E-state index >= 15 is 0 Å². The summed E-state index contributed by atoms with van der Waals surface area (Å²) >= 11 is 3.54. The van der Waals surface area contributed by atoms with Crippen LogP contribution in [0.2, 0.25) is 0 Å². The summed E-state index contributed by atoms with van der Waals surface area (Å²) in [6, 6.07) is 9.25. The fourth-order valence-corrected chi connectivity index (χ4v) is 3.72. The Balaban J connectivity index is 2.01. The second-order valence-corrected chi connectivity index (χ2v) is 6.52. The number of thioether (sulfide) groups is 1. The lowest BCUT2D eigenvalue weighted by molar-refractivity contribution is 0.605. The van der Waals surface area contributed by atoms with Gasteiger partial charge in [-0.1, -0.05) is 6.92 Å². The Hall–Kier alpha value is -0.840. The quantitative estimate of drug-likeness (QED) is 0.779. The second kappa shape index (κ2) is 7.08. The lowest BCUT2D eigenvalue weighted by Gasteiger charge is -2.17. The topological polar surface area (TPSA) is 12.0 Å². The summed E-state index contributed by atoms with van der Waals surface area (Å²) in [5.41, 5.74) is 1.38. The van der Waals surface area contributed by atoms with E-state index in [2.05, 4.69) is 30.6 Å². The highest BCUT2D eigenvalue weighted by atomic mass is 32.2. The van der Waals surface area contributed by atoms with E-state index in [9.17, 15) is 4.39 Å². The molecule has 0 radical (unpaired) electrons. The Kier molecular flexibility index (Phi) is 5.43. The normalized spacial score (nSPS) is 12.6. The van der Waals surface area contributed by atoms with Crippen molar-refractivity contribution in [3.63, 3.8) is 0 Å². The number of benzene rings is 1. The van der Waals surface area contributed by atoms with Gasteiger partial charge in [-0.3, -0.25) is 0 Å². The summed E-state index contributed by atoms with van der Waals surface area (Å²) in [6.45, 7) is 5.23. The van der Waals surface area contributed by atoms with Gasteiger partial charge in [0, 0.05) is 21.6 Å². The van der Waals surface area contributed by atoms with Crippen LogP contribution in [0.4, 0.5) is 4.39 Å². The van der Waals surface area contributed by atoms with Crippen molar-refractivity contribution >= 4 is 23.1 Å². The molecule has 1 aromatic heterocycles. The highest BCUT2D eigenvalue weighted by Gasteiger charge is 2.13. The molecule has 1 atom stereocenters. The Morgan fingerprint density at radius 2 is 2.00 bits per heavy atom. The fraction of sp³-hybridized carbons (Fsp3) is 0.333. The summed E-state index contributed by atoms with van der Waals surface area (Å²) in [5, 5.41) is 5.66. The molecular weight excluding hydrogens is 277 g/mol. The molecule has 0 spiro atoms. The standard InChI is InChI=1S/C15H18FNS2/c1-3-17-15(14-8-9-18-11(14)2)10-19-13-6-4-12(16)5-7-13/h4-9,15,17H,3,10H2,1-2H3. The zero-order valence-corrected chi connectivity index (χ0v) is 12.8. The molecule has 0 aliphatic carbocycles. The number of aryl methyl sites for hydroxylation is 1. The van der Waals surface area contributed by atoms with Gasteiger partial charge in [-0.05, 0) is 54.7 Å². The zero-order valence-electron chi connectivity index (χ0n) is 11.2. The summed E-state index contributed by atoms with van der Waals surface area (Å²) in [5.74, 6) is 0.776. The maximum absolute atomic E-state index is 12.9. The maximum atomic E-state index is 12.9. The Morgan fingerprint density at radius 3 is 2.58 bits per heavy atom. The highest BCUT2D eigenvalue weighted by Crippen LogP contribution is 2.28. The zero-order chi connectivity index (χ0) is 13.7. The molecule has 0 bridgehead atoms. The van der Waals surface area contributed by atoms with Gasteiger partial charge in [0.1, 0.15) is 5.82 Å². The molecule has 0 saturated carbocycles. The van der Waals surface area contributed by atoms with E-state index in [4.69, 9.17) is 0 Å². The van der Waals surface area contributed by atoms with Crippen molar-refractivity contribution < 1.29 is 4.39 Å². The average Bonchev–Trinajstić information content (AvgIpc) is 2.83. The van der Waals surface area contributed by atoms with Crippen molar-refractivity contribution in [2.75, 3.05) is 12.3 Å². The minimum absolute atomic E-state index is 0.179. The van der Waals surface area contributed by atoms with Crippen molar-refractivity contribution in [1.82, 2.24) is 5.32 Å². The minimum atomic E-state index is -0.179. The smallest absolute Gasteiger partial charge is 0.123 e. The Labute approximate surface area is 122 Å². The highest BCUT2D eigenvalue weighted by molar-refractivity contribution is 7.99. The van der Waals surface area contributed by atoms with Crippen molar-refractivity contribution in [1.29, 1.82) is 0 Å². The van der Waals surface area contributed by atoms with Gasteiger partial charge in [0.05, 0.1) is 0 Å². The first-order valence-electron chi connectivity index (χ1n) is 6.36. The molecule has 0 fully saturated rings. The van der Waals surface area contributed by atoms with Crippen LogP contribution in [0.3, 0.4) is 0 Å². The second-order valence-electron chi connectivity index (χ2n) is 4.31. The van der Waals surface area contributed by atoms with Crippen molar-refractivity contribution in [3.8, 4) is 0 Å². The molecule has 1 unspecified atom stereocenters. The number of hydrogen-bond donors (Lipinski definition) is 1. The Morgan fingerprint density at radius 1 is 1.26 bits per heavy atom. The van der Waals surface area contributed by atoms with Gasteiger partial charge in [0.15, 0.2) is 0 Å². The number of rotatable bonds is 6. The number of nitrogens with one attached hydrogen (secondary N) is 1. The van der Waals surface area contributed by atoms with Crippen LogP contribution < -0.4 is 5.32 Å². The number of halogens is 1. The first kappa shape index (κ1) is 14.6. The van der Waals surface area contributed by atoms with Gasteiger partial charge >= 0.3 is 0 Å². The van der Waals surface area contributed by atoms with Crippen LogP contribution in [0, 0.1) is 12.7 Å². The SMILES string of the molecule is CCNC(CSc1ccc(F)cc1)c1ccsc1C. The van der Waals surface area contributed by atoms with E-state index in [0.29, 0.717) is 6.04 Å². The first-order valence-corrected chi connectivity index (χ1v) is 8.23. The van der Waals surface area contributed by atoms with Crippen LogP contribution in [0.15, 0.2) is 40.6 Å². The van der Waals surface area contributed by atoms with Gasteiger partial charge in [0.2, 0.25) is 0 Å². The molecule has 2 rings (SSSR count). The number of thiophene rings is 1. The average molecular weight is 295 g/mol. The van der Waals surface area contributed by atoms with E-state index < -0.39 is 0 Å². The molecule has 2 aromatic rings. The van der Waals surface area contributed by atoms with Crippen LogP contribution in [-0.4, -0.2) is 12.3 Å². The van der Waals surface area contributed by atoms with Gasteiger partial charge < -0.3 is 5.32 Å². The van der Waals surface area contributed by atoms with E-state index in [1.807, 2.05) is 12.1 Å². The molecule has 19 heavy (non-hydrogen) atoms. The van der Waals surface area contributed by atoms with Gasteiger partial charge in [0.25, 0.3) is 0 Å². The van der Waals surface area contributed by atoms with Crippen molar-refractivity contribution in [2.45, 2.75) is 24.8 Å². The molecule has 0 saturated heterocycles. The minimum Gasteiger partial charge on any atom is -0.309 e. The van der Waals surface area contributed by atoms with Gasteiger partial charge in [-0.25, -0.2) is 4.39 Å². The largest absolute Gasteiger partial charge is 0.309 e. The first-order chi connectivity index (χ1) is 9.20. The van der Waals surface area contributed by atoms with Gasteiger partial charge in [-0.15, -0.1) is 23.1 Å². The van der Waals surface area contributed by atoms with E-state index in [1.54, 1.807) is 23.1 Å². The van der Waals surface area contributed by atoms with Crippen molar-refractivity contribution in [3.05, 3.63) is 52.0 Å². The summed E-state index contributed by atoms with van der Waals surface area (Å²) in [6.07, 6.45) is 0.